The number of phenolic OH excluding ortho intramolecular Hbond substituents is 2. The summed E-state index contributed by atoms with van der Waals surface area (Å²) in [6, 6.07) is 15.1. The summed E-state index contributed by atoms with van der Waals surface area (Å²) in [4.78, 5) is 20.1. The summed E-state index contributed by atoms with van der Waals surface area (Å²) in [6.45, 7) is 39.8. The molecule has 0 spiro atoms. The third-order valence-electron chi connectivity index (χ3n) is 10.2. The van der Waals surface area contributed by atoms with Gasteiger partial charge in [-0.1, -0.05) is 125 Å². The van der Waals surface area contributed by atoms with Gasteiger partial charge in [0.15, 0.2) is 23.0 Å². The van der Waals surface area contributed by atoms with Crippen LogP contribution >= 0.6 is 0 Å². The molecular formula is C56H76N4O6. The molecule has 5 aromatic rings. The van der Waals surface area contributed by atoms with Crippen molar-refractivity contribution in [3.05, 3.63) is 84.4 Å². The number of fused-ring (bicyclic) bond motifs is 6. The molecule has 0 atom stereocenters. The van der Waals surface area contributed by atoms with Gasteiger partial charge in [0, 0.05) is 70.6 Å². The van der Waals surface area contributed by atoms with Crippen LogP contribution in [-0.4, -0.2) is 56.6 Å². The summed E-state index contributed by atoms with van der Waals surface area (Å²) < 4.78 is 25.8. The number of aromatic hydroxyl groups is 2. The van der Waals surface area contributed by atoms with E-state index in [1.54, 1.807) is 24.8 Å². The normalized spacial score (nSPS) is 12.8. The third kappa shape index (κ3) is 14.7. The van der Waals surface area contributed by atoms with Gasteiger partial charge in [-0.3, -0.25) is 19.9 Å². The molecule has 1 heterocycles. The first-order valence-corrected chi connectivity index (χ1v) is 23.0. The van der Waals surface area contributed by atoms with Gasteiger partial charge in [-0.15, -0.1) is 0 Å². The van der Waals surface area contributed by atoms with Gasteiger partial charge < -0.3 is 29.2 Å². The predicted octanol–water partition coefficient (Wildman–Crippen LogP) is 14.4. The van der Waals surface area contributed by atoms with E-state index in [9.17, 15) is 10.2 Å². The molecule has 0 aliphatic rings. The first-order chi connectivity index (χ1) is 30.2. The maximum atomic E-state index is 12.0. The highest BCUT2D eigenvalue weighted by atomic mass is 16.5. The van der Waals surface area contributed by atoms with Crippen LogP contribution in [0, 0.1) is 21.7 Å². The zero-order chi connectivity index (χ0) is 49.2. The first kappa shape index (κ1) is 51.3. The Morgan fingerprint density at radius 3 is 0.697 bits per heavy atom. The Balaban J connectivity index is 2.02. The number of benzene rings is 4. The topological polar surface area (TPSA) is 129 Å². The van der Waals surface area contributed by atoms with Crippen molar-refractivity contribution in [1.82, 2.24) is 19.9 Å². The molecule has 0 aliphatic heterocycles. The monoisotopic (exact) mass is 901 g/mol. The Kier molecular flexibility index (Phi) is 15.0. The number of hydrogen-bond donors (Lipinski definition) is 2. The molecule has 0 fully saturated rings. The summed E-state index contributed by atoms with van der Waals surface area (Å²) >= 11 is 0. The summed E-state index contributed by atoms with van der Waals surface area (Å²) in [7, 11) is 0. The summed E-state index contributed by atoms with van der Waals surface area (Å²) in [5, 5.41) is 26.0. The molecule has 0 amide bonds. The molecule has 1 aromatic heterocycles. The summed E-state index contributed by atoms with van der Waals surface area (Å²) in [5.41, 5.74) is 2.72. The molecule has 0 saturated heterocycles. The van der Waals surface area contributed by atoms with Gasteiger partial charge in [-0.05, 0) is 67.9 Å². The number of rotatable bonds is 8. The minimum Gasteiger partial charge on any atom is -0.507 e. The molecule has 4 bridgehead atoms. The maximum absolute atomic E-state index is 12.0. The van der Waals surface area contributed by atoms with Crippen LogP contribution in [0.2, 0.25) is 0 Å². The molecule has 0 aliphatic carbocycles. The van der Waals surface area contributed by atoms with Gasteiger partial charge in [0.25, 0.3) is 0 Å². The van der Waals surface area contributed by atoms with E-state index >= 15 is 0 Å². The van der Waals surface area contributed by atoms with Crippen molar-refractivity contribution in [2.45, 2.75) is 135 Å². The molecule has 5 rings (SSSR count). The van der Waals surface area contributed by atoms with Gasteiger partial charge in [-0.25, -0.2) is 0 Å². The number of hydrogen-bond acceptors (Lipinski definition) is 10. The predicted molar refractivity (Wildman–Crippen MR) is 272 cm³/mol. The number of nitrogens with zero attached hydrogens (tertiary/aromatic N) is 4. The van der Waals surface area contributed by atoms with E-state index in [1.807, 2.05) is 48.5 Å². The minimum absolute atomic E-state index is 0.00463. The van der Waals surface area contributed by atoms with E-state index in [4.69, 9.17) is 38.9 Å². The molecule has 10 heteroatoms. The van der Waals surface area contributed by atoms with Crippen LogP contribution in [-0.2, 0) is 10.8 Å². The summed E-state index contributed by atoms with van der Waals surface area (Å²) in [5.74, 6) is 2.10. The quantitative estimate of drug-likeness (QED) is 0.155. The fraction of sp³-hybridized carbons (Fsp3) is 0.500. The van der Waals surface area contributed by atoms with Crippen molar-refractivity contribution in [3.63, 3.8) is 0 Å². The molecular weight excluding hydrogens is 825 g/mol. The number of aromatic nitrogens is 4. The second-order valence-corrected chi connectivity index (χ2v) is 24.5. The lowest BCUT2D eigenvalue weighted by molar-refractivity contribution is 0.167. The Hall–Kier alpha value is -5.64. The van der Waals surface area contributed by atoms with Gasteiger partial charge in [0.05, 0.1) is 48.5 Å². The van der Waals surface area contributed by atoms with Gasteiger partial charge >= 0.3 is 0 Å². The molecule has 0 unspecified atom stereocenters. The molecule has 10 nitrogen and oxygen atoms in total. The second kappa shape index (κ2) is 19.3. The molecule has 356 valence electrons. The van der Waals surface area contributed by atoms with Crippen molar-refractivity contribution < 1.29 is 29.2 Å². The van der Waals surface area contributed by atoms with Crippen molar-refractivity contribution >= 4 is 43.6 Å². The van der Waals surface area contributed by atoms with Crippen molar-refractivity contribution in [2.75, 3.05) is 26.4 Å². The Morgan fingerprint density at radius 1 is 0.333 bits per heavy atom. The fourth-order valence-electron chi connectivity index (χ4n) is 6.30. The minimum atomic E-state index is -0.290. The highest BCUT2D eigenvalue weighted by molar-refractivity contribution is 5.85. The average Bonchev–Trinajstić information content (AvgIpc) is 3.17. The largest absolute Gasteiger partial charge is 0.507 e. The van der Waals surface area contributed by atoms with Crippen LogP contribution < -0.4 is 18.9 Å². The van der Waals surface area contributed by atoms with Gasteiger partial charge in [-0.2, -0.15) is 0 Å². The molecule has 66 heavy (non-hydrogen) atoms. The second-order valence-electron chi connectivity index (χ2n) is 24.5. The Bertz CT molecular complexity index is 2380. The van der Waals surface area contributed by atoms with E-state index in [0.717, 1.165) is 11.1 Å². The van der Waals surface area contributed by atoms with E-state index in [-0.39, 0.29) is 44.0 Å². The van der Waals surface area contributed by atoms with Crippen LogP contribution in [0.3, 0.4) is 0 Å². The zero-order valence-corrected chi connectivity index (χ0v) is 43.1. The lowest BCUT2D eigenvalue weighted by Crippen LogP contribution is -2.19. The van der Waals surface area contributed by atoms with Crippen LogP contribution in [0.1, 0.15) is 136 Å². The van der Waals surface area contributed by atoms with E-state index < -0.39 is 0 Å². The van der Waals surface area contributed by atoms with E-state index in [1.165, 1.54) is 0 Å². The van der Waals surface area contributed by atoms with Crippen molar-refractivity contribution in [3.8, 4) is 34.5 Å². The fourth-order valence-corrected chi connectivity index (χ4v) is 6.30. The molecule has 2 N–H and O–H groups in total. The lowest BCUT2D eigenvalue weighted by atomic mass is 9.86. The SMILES string of the molecule is CC(C)(C)COc1cc2ncc3cc(C(C)(C)C)cc(cnc4cc(OCC(C)(C)C)c(OCC(C)(C)C)cc4ncc4cc(C(C)(C)C)cc(cnc2cc1OCC(C)(C)C)c4O)c3O. The zero-order valence-electron chi connectivity index (χ0n) is 43.1. The highest BCUT2D eigenvalue weighted by Crippen LogP contribution is 2.38. The van der Waals surface area contributed by atoms with Gasteiger partial charge in [0.1, 0.15) is 11.5 Å². The van der Waals surface area contributed by atoms with Crippen molar-refractivity contribution in [1.29, 1.82) is 0 Å². The first-order valence-electron chi connectivity index (χ1n) is 23.0. The third-order valence-corrected chi connectivity index (χ3v) is 10.2. The smallest absolute Gasteiger partial charge is 0.163 e. The Morgan fingerprint density at radius 2 is 0.530 bits per heavy atom. The number of ether oxygens (including phenoxy) is 4. The van der Waals surface area contributed by atoms with Gasteiger partial charge in [0.2, 0.25) is 0 Å². The van der Waals surface area contributed by atoms with Crippen LogP contribution in [0.5, 0.6) is 34.5 Å². The van der Waals surface area contributed by atoms with E-state index in [2.05, 4.69) is 125 Å². The van der Waals surface area contributed by atoms with Crippen LogP contribution in [0.4, 0.5) is 0 Å². The molecule has 0 saturated carbocycles. The molecule has 0 radical (unpaired) electrons. The summed E-state index contributed by atoms with van der Waals surface area (Å²) in [6.07, 6.45) is 6.59. The van der Waals surface area contributed by atoms with Crippen LogP contribution in [0.25, 0.3) is 43.6 Å². The number of phenols is 2. The molecule has 4 aromatic carbocycles. The average molecular weight is 901 g/mol. The lowest BCUT2D eigenvalue weighted by Gasteiger charge is -2.23. The van der Waals surface area contributed by atoms with Crippen molar-refractivity contribution in [2.24, 2.45) is 21.7 Å². The highest BCUT2D eigenvalue weighted by Gasteiger charge is 2.21. The Labute approximate surface area is 393 Å². The van der Waals surface area contributed by atoms with Crippen LogP contribution in [0.15, 0.2) is 73.3 Å². The maximum Gasteiger partial charge on any atom is 0.163 e. The standard InChI is InChI=1S/C56H76N4O6/c1-51(2,3)31-63-45-23-41-42(24-46(45)64-32-52(4,5)6)58-28-36-20-40(56(16,17)18)22-38(50(36)62)30-60-44-26-48(66-34-54(10,11)12)47(65-33-53(7,8)9)25-43(44)59-29-37-21-39(55(13,14)15)19-35(27-57-41)49(37)61/h19-30,61-62H,31-34H2,1-18H3. The van der Waals surface area contributed by atoms with E-state index in [0.29, 0.717) is 93.0 Å².